The summed E-state index contributed by atoms with van der Waals surface area (Å²) in [7, 11) is 0. The van der Waals surface area contributed by atoms with Crippen LogP contribution in [0.15, 0.2) is 29.4 Å². The van der Waals surface area contributed by atoms with Crippen molar-refractivity contribution >= 4 is 18.0 Å². The number of carbonyl (C=O) groups excluding carboxylic acids is 2. The van der Waals surface area contributed by atoms with Crippen LogP contribution in [-0.4, -0.2) is 24.6 Å². The number of carbonyl (C=O) groups is 2. The van der Waals surface area contributed by atoms with Gasteiger partial charge in [-0.2, -0.15) is 5.10 Å². The molecule has 0 saturated heterocycles. The van der Waals surface area contributed by atoms with E-state index in [2.05, 4.69) is 15.8 Å². The van der Waals surface area contributed by atoms with Gasteiger partial charge in [0.25, 0.3) is 5.91 Å². The van der Waals surface area contributed by atoms with Crippen molar-refractivity contribution in [3.05, 3.63) is 35.6 Å². The van der Waals surface area contributed by atoms with Crippen LogP contribution in [0.1, 0.15) is 37.7 Å². The Morgan fingerprint density at radius 1 is 1.18 bits per heavy atom. The number of hydrogen-bond acceptors (Lipinski definition) is 3. The minimum absolute atomic E-state index is 0.0317. The zero-order valence-corrected chi connectivity index (χ0v) is 12.3. The van der Waals surface area contributed by atoms with E-state index in [1.54, 1.807) is 12.1 Å². The maximum Gasteiger partial charge on any atom is 0.259 e. The molecule has 0 radical (unpaired) electrons. The molecule has 2 rings (SSSR count). The topological polar surface area (TPSA) is 70.6 Å². The molecule has 0 spiro atoms. The molecule has 0 heterocycles. The fraction of sp³-hybridized carbons (Fsp3) is 0.438. The van der Waals surface area contributed by atoms with Crippen molar-refractivity contribution in [2.24, 2.45) is 11.0 Å². The summed E-state index contributed by atoms with van der Waals surface area (Å²) in [5, 5.41) is 6.40. The van der Waals surface area contributed by atoms with Crippen LogP contribution >= 0.6 is 0 Å². The molecule has 1 aliphatic rings. The molecule has 118 valence electrons. The standard InChI is InChI=1S/C16H20FN3O2/c17-14-8-6-12(7-9-14)10-19-20-15(21)11-18-16(22)13-4-2-1-3-5-13/h6-10,13H,1-5,11H2,(H,18,22)(H,20,21). The first-order valence-electron chi connectivity index (χ1n) is 7.50. The molecule has 5 nitrogen and oxygen atoms in total. The smallest absolute Gasteiger partial charge is 0.259 e. The van der Waals surface area contributed by atoms with Gasteiger partial charge in [0, 0.05) is 5.92 Å². The van der Waals surface area contributed by atoms with Crippen molar-refractivity contribution in [3.8, 4) is 0 Å². The first-order chi connectivity index (χ1) is 10.6. The zero-order chi connectivity index (χ0) is 15.8. The van der Waals surface area contributed by atoms with Crippen LogP contribution in [-0.2, 0) is 9.59 Å². The quantitative estimate of drug-likeness (QED) is 0.645. The maximum atomic E-state index is 12.7. The van der Waals surface area contributed by atoms with Gasteiger partial charge in [0.2, 0.25) is 5.91 Å². The molecule has 0 unspecified atom stereocenters. The SMILES string of the molecule is O=C(CNC(=O)C1CCCCC1)NN=Cc1ccc(F)cc1. The summed E-state index contributed by atoms with van der Waals surface area (Å²) in [6.45, 7) is -0.0872. The van der Waals surface area contributed by atoms with E-state index in [4.69, 9.17) is 0 Å². The minimum Gasteiger partial charge on any atom is -0.347 e. The third kappa shape index (κ3) is 5.27. The highest BCUT2D eigenvalue weighted by molar-refractivity contribution is 5.87. The molecule has 1 aliphatic carbocycles. The molecule has 1 saturated carbocycles. The molecule has 0 bridgehead atoms. The molecule has 0 atom stereocenters. The lowest BCUT2D eigenvalue weighted by molar-refractivity contribution is -0.129. The number of halogens is 1. The third-order valence-corrected chi connectivity index (χ3v) is 3.67. The molecular weight excluding hydrogens is 285 g/mol. The molecular formula is C16H20FN3O2. The third-order valence-electron chi connectivity index (χ3n) is 3.67. The van der Waals surface area contributed by atoms with Crippen molar-refractivity contribution < 1.29 is 14.0 Å². The van der Waals surface area contributed by atoms with Crippen LogP contribution in [0.5, 0.6) is 0 Å². The molecule has 1 fully saturated rings. The van der Waals surface area contributed by atoms with Gasteiger partial charge in [-0.1, -0.05) is 31.4 Å². The number of hydrogen-bond donors (Lipinski definition) is 2. The van der Waals surface area contributed by atoms with Gasteiger partial charge >= 0.3 is 0 Å². The minimum atomic E-state index is -0.387. The summed E-state index contributed by atoms with van der Waals surface area (Å²) in [6.07, 6.45) is 6.55. The molecule has 1 aromatic carbocycles. The monoisotopic (exact) mass is 305 g/mol. The first kappa shape index (κ1) is 16.1. The summed E-state index contributed by atoms with van der Waals surface area (Å²) >= 11 is 0. The number of benzene rings is 1. The lowest BCUT2D eigenvalue weighted by atomic mass is 9.89. The number of hydrazone groups is 1. The summed E-state index contributed by atoms with van der Waals surface area (Å²) in [4.78, 5) is 23.4. The fourth-order valence-corrected chi connectivity index (χ4v) is 2.44. The molecule has 6 heteroatoms. The average Bonchev–Trinajstić information content (AvgIpc) is 2.55. The summed E-state index contributed by atoms with van der Waals surface area (Å²) in [6, 6.07) is 5.73. The van der Waals surface area contributed by atoms with Crippen LogP contribution in [0.25, 0.3) is 0 Å². The number of amides is 2. The van der Waals surface area contributed by atoms with Gasteiger partial charge in [-0.25, -0.2) is 9.82 Å². The lowest BCUT2D eigenvalue weighted by Gasteiger charge is -2.20. The second kappa shape index (κ2) is 8.26. The van der Waals surface area contributed by atoms with Gasteiger partial charge in [-0.15, -0.1) is 0 Å². The van der Waals surface area contributed by atoms with Crippen molar-refractivity contribution in [2.45, 2.75) is 32.1 Å². The van der Waals surface area contributed by atoms with Crippen LogP contribution in [0.2, 0.25) is 0 Å². The molecule has 1 aromatic rings. The van der Waals surface area contributed by atoms with Crippen molar-refractivity contribution in [1.82, 2.24) is 10.7 Å². The highest BCUT2D eigenvalue weighted by atomic mass is 19.1. The predicted molar refractivity (Wildman–Crippen MR) is 81.7 cm³/mol. The predicted octanol–water partition coefficient (Wildman–Crippen LogP) is 1.97. The van der Waals surface area contributed by atoms with E-state index in [1.165, 1.54) is 24.8 Å². The maximum absolute atomic E-state index is 12.7. The van der Waals surface area contributed by atoms with Crippen molar-refractivity contribution in [1.29, 1.82) is 0 Å². The summed E-state index contributed by atoms with van der Waals surface area (Å²) in [5.74, 6) is -0.740. The molecule has 2 N–H and O–H groups in total. The Morgan fingerprint density at radius 2 is 1.86 bits per heavy atom. The van der Waals surface area contributed by atoms with Crippen molar-refractivity contribution in [2.75, 3.05) is 6.54 Å². The second-order valence-electron chi connectivity index (χ2n) is 5.40. The second-order valence-corrected chi connectivity index (χ2v) is 5.40. The van der Waals surface area contributed by atoms with E-state index in [0.717, 1.165) is 25.7 Å². The van der Waals surface area contributed by atoms with Gasteiger partial charge in [-0.05, 0) is 30.5 Å². The molecule has 22 heavy (non-hydrogen) atoms. The van der Waals surface area contributed by atoms with E-state index in [1.807, 2.05) is 0 Å². The Bertz CT molecular complexity index is 537. The summed E-state index contributed by atoms with van der Waals surface area (Å²) < 4.78 is 12.7. The van der Waals surface area contributed by atoms with Crippen LogP contribution in [0.4, 0.5) is 4.39 Å². The van der Waals surface area contributed by atoms with E-state index in [0.29, 0.717) is 5.56 Å². The van der Waals surface area contributed by atoms with Crippen LogP contribution < -0.4 is 10.7 Å². The van der Waals surface area contributed by atoms with Gasteiger partial charge in [0.15, 0.2) is 0 Å². The molecule has 2 amide bonds. The Hall–Kier alpha value is -2.24. The lowest BCUT2D eigenvalue weighted by Crippen LogP contribution is -2.38. The van der Waals surface area contributed by atoms with Gasteiger partial charge in [-0.3, -0.25) is 9.59 Å². The highest BCUT2D eigenvalue weighted by Gasteiger charge is 2.21. The highest BCUT2D eigenvalue weighted by Crippen LogP contribution is 2.23. The van der Waals surface area contributed by atoms with E-state index >= 15 is 0 Å². The normalized spacial score (nSPS) is 15.7. The number of nitrogens with zero attached hydrogens (tertiary/aromatic N) is 1. The Labute approximate surface area is 129 Å². The number of nitrogens with one attached hydrogen (secondary N) is 2. The van der Waals surface area contributed by atoms with E-state index < -0.39 is 0 Å². The summed E-state index contributed by atoms with van der Waals surface area (Å²) in [5.41, 5.74) is 3.00. The van der Waals surface area contributed by atoms with Crippen LogP contribution in [0, 0.1) is 11.7 Å². The number of rotatable bonds is 5. The van der Waals surface area contributed by atoms with Gasteiger partial charge in [0.1, 0.15) is 5.82 Å². The average molecular weight is 305 g/mol. The van der Waals surface area contributed by atoms with Crippen LogP contribution in [0.3, 0.4) is 0 Å². The molecule has 0 aliphatic heterocycles. The Morgan fingerprint density at radius 3 is 2.55 bits per heavy atom. The zero-order valence-electron chi connectivity index (χ0n) is 12.3. The fourth-order valence-electron chi connectivity index (χ4n) is 2.44. The van der Waals surface area contributed by atoms with Gasteiger partial charge in [0.05, 0.1) is 12.8 Å². The van der Waals surface area contributed by atoms with E-state index in [9.17, 15) is 14.0 Å². The van der Waals surface area contributed by atoms with Gasteiger partial charge < -0.3 is 5.32 Å². The largest absolute Gasteiger partial charge is 0.347 e. The molecule has 0 aromatic heterocycles. The first-order valence-corrected chi connectivity index (χ1v) is 7.50. The van der Waals surface area contributed by atoms with Crippen molar-refractivity contribution in [3.63, 3.8) is 0 Å². The Kier molecular flexibility index (Phi) is 6.06. The Balaban J connectivity index is 1.69. The van der Waals surface area contributed by atoms with E-state index in [-0.39, 0.29) is 30.1 Å².